The molecule has 0 radical (unpaired) electrons. The van der Waals surface area contributed by atoms with Crippen molar-refractivity contribution in [1.82, 2.24) is 14.0 Å². The Labute approximate surface area is 203 Å². The fraction of sp³-hybridized carbons (Fsp3) is 0.259. The number of rotatable bonds is 0. The number of amides is 2. The van der Waals surface area contributed by atoms with E-state index >= 15 is 0 Å². The van der Waals surface area contributed by atoms with Gasteiger partial charge in [-0.2, -0.15) is 0 Å². The molecule has 1 saturated heterocycles. The van der Waals surface area contributed by atoms with Crippen LogP contribution in [-0.4, -0.2) is 66.5 Å². The summed E-state index contributed by atoms with van der Waals surface area (Å²) in [5.74, 6) is -0.785. The second-order valence-electron chi connectivity index (χ2n) is 10.1. The highest BCUT2D eigenvalue weighted by Gasteiger charge is 2.56. The van der Waals surface area contributed by atoms with Gasteiger partial charge in [-0.05, 0) is 19.1 Å². The first-order chi connectivity index (χ1) is 17.3. The monoisotopic (exact) mass is 483 g/mol. The van der Waals surface area contributed by atoms with E-state index in [4.69, 9.17) is 4.74 Å². The van der Waals surface area contributed by atoms with Gasteiger partial charge in [-0.3, -0.25) is 14.5 Å². The highest BCUT2D eigenvalue weighted by molar-refractivity contribution is 6.39. The van der Waals surface area contributed by atoms with Crippen LogP contribution in [0.5, 0.6) is 0 Å². The Morgan fingerprint density at radius 2 is 1.36 bits per heavy atom. The van der Waals surface area contributed by atoms with E-state index in [1.807, 2.05) is 57.7 Å². The molecule has 5 heterocycles. The number of benzene rings is 3. The molecule has 2 bridgehead atoms. The van der Waals surface area contributed by atoms with Crippen molar-refractivity contribution < 1.29 is 29.6 Å². The largest absolute Gasteiger partial charge is 0.387 e. The molecule has 2 amide bonds. The molecule has 3 N–H and O–H groups in total. The summed E-state index contributed by atoms with van der Waals surface area (Å²) in [6.45, 7) is 1.68. The van der Waals surface area contributed by atoms with Crippen molar-refractivity contribution in [2.45, 2.75) is 37.2 Å². The summed E-state index contributed by atoms with van der Waals surface area (Å²) in [5, 5.41) is 36.1. The molecule has 9 heteroatoms. The molecule has 3 aromatic carbocycles. The third kappa shape index (κ3) is 1.95. The van der Waals surface area contributed by atoms with Gasteiger partial charge in [0, 0.05) is 28.6 Å². The van der Waals surface area contributed by atoms with Crippen LogP contribution in [0.1, 0.15) is 33.9 Å². The van der Waals surface area contributed by atoms with E-state index in [2.05, 4.69) is 0 Å². The van der Waals surface area contributed by atoms with Crippen LogP contribution in [0.3, 0.4) is 0 Å². The molecule has 0 spiro atoms. The van der Waals surface area contributed by atoms with Gasteiger partial charge >= 0.3 is 0 Å². The minimum absolute atomic E-state index is 0.318. The van der Waals surface area contributed by atoms with Crippen molar-refractivity contribution in [2.24, 2.45) is 0 Å². The third-order valence-corrected chi connectivity index (χ3v) is 8.37. The van der Waals surface area contributed by atoms with Gasteiger partial charge in [0.15, 0.2) is 12.0 Å². The number of aliphatic hydroxyl groups excluding tert-OH is 3. The summed E-state index contributed by atoms with van der Waals surface area (Å²) in [6, 6.07) is 14.9. The Bertz CT molecular complexity index is 1870. The van der Waals surface area contributed by atoms with Crippen LogP contribution < -0.4 is 0 Å². The summed E-state index contributed by atoms with van der Waals surface area (Å²) >= 11 is 0. The maximum atomic E-state index is 13.6. The minimum Gasteiger partial charge on any atom is -0.387 e. The van der Waals surface area contributed by atoms with Crippen molar-refractivity contribution in [3.05, 3.63) is 59.7 Å². The van der Waals surface area contributed by atoms with Crippen LogP contribution in [0, 0.1) is 0 Å². The average Bonchev–Trinajstić information content (AvgIpc) is 3.45. The number of carbonyl (C=O) groups excluding carboxylic acids is 2. The molecule has 3 aliphatic heterocycles. The number of ether oxygens (including phenoxy) is 1. The van der Waals surface area contributed by atoms with E-state index in [0.717, 1.165) is 15.7 Å². The molecular formula is C27H21N3O6. The molecule has 5 aromatic rings. The fourth-order valence-electron chi connectivity index (χ4n) is 6.74. The lowest BCUT2D eigenvalue weighted by atomic mass is 9.93. The summed E-state index contributed by atoms with van der Waals surface area (Å²) in [6.07, 6.45) is -5.47. The topological polar surface area (TPSA) is 117 Å². The lowest BCUT2D eigenvalue weighted by Gasteiger charge is -2.47. The van der Waals surface area contributed by atoms with E-state index in [1.165, 1.54) is 7.05 Å². The Morgan fingerprint density at radius 3 is 2.03 bits per heavy atom. The Hall–Kier alpha value is -3.76. The van der Waals surface area contributed by atoms with Crippen molar-refractivity contribution in [3.63, 3.8) is 0 Å². The van der Waals surface area contributed by atoms with Crippen LogP contribution in [0.2, 0.25) is 0 Å². The maximum absolute atomic E-state index is 13.6. The van der Waals surface area contributed by atoms with Gasteiger partial charge in [0.1, 0.15) is 18.3 Å². The smallest absolute Gasteiger partial charge is 0.262 e. The number of aliphatic hydroxyl groups is 3. The molecule has 2 aromatic heterocycles. The lowest BCUT2D eigenvalue weighted by molar-refractivity contribution is -0.309. The predicted molar refractivity (Wildman–Crippen MR) is 131 cm³/mol. The second-order valence-corrected chi connectivity index (χ2v) is 10.1. The summed E-state index contributed by atoms with van der Waals surface area (Å²) in [4.78, 5) is 28.3. The van der Waals surface area contributed by atoms with E-state index in [-0.39, 0.29) is 0 Å². The first-order valence-electron chi connectivity index (χ1n) is 11.8. The van der Waals surface area contributed by atoms with E-state index < -0.39 is 42.1 Å². The zero-order valence-electron chi connectivity index (χ0n) is 19.3. The van der Waals surface area contributed by atoms with Gasteiger partial charge < -0.3 is 29.2 Å². The van der Waals surface area contributed by atoms with Gasteiger partial charge in [-0.1, -0.05) is 36.4 Å². The van der Waals surface area contributed by atoms with Crippen LogP contribution >= 0.6 is 0 Å². The van der Waals surface area contributed by atoms with Gasteiger partial charge in [0.25, 0.3) is 11.8 Å². The molecular weight excluding hydrogens is 462 g/mol. The Balaban J connectivity index is 1.78. The van der Waals surface area contributed by atoms with Crippen molar-refractivity contribution in [1.29, 1.82) is 0 Å². The number of aromatic nitrogens is 2. The predicted octanol–water partition coefficient (Wildman–Crippen LogP) is 2.43. The van der Waals surface area contributed by atoms with Crippen LogP contribution in [0.25, 0.3) is 43.6 Å². The number of hydrogen-bond acceptors (Lipinski definition) is 6. The molecule has 5 atom stereocenters. The van der Waals surface area contributed by atoms with Gasteiger partial charge in [-0.15, -0.1) is 0 Å². The summed E-state index contributed by atoms with van der Waals surface area (Å²) in [7, 11) is 1.48. The van der Waals surface area contributed by atoms with E-state index in [0.29, 0.717) is 44.0 Å². The highest BCUT2D eigenvalue weighted by atomic mass is 16.6. The SMILES string of the molecule is CN1C(=O)c2c(c3c4ccccc4n4c3c3c2c2ccccc2n3[C@@H]2O[C@@]4(C)[C@H](O)[C@@H](O)[C@H]2O)C1=O. The van der Waals surface area contributed by atoms with Gasteiger partial charge in [-0.25, -0.2) is 0 Å². The van der Waals surface area contributed by atoms with Crippen molar-refractivity contribution >= 4 is 55.4 Å². The standard InChI is InChI=1S/C27H21N3O6/c1-27-23(33)21(31)22(32)26(36-27)29-13-9-5-3-7-11(13)15-17-18(25(35)28(2)24(17)34)16-12-8-4-6-10-14(12)30(27)20(16)19(15)29/h3-10,21-23,26,31-33H,1-2H3/t21-,22+,23+,26+,27-/m0/s1. The molecule has 9 nitrogen and oxygen atoms in total. The molecule has 3 aliphatic rings. The number of hydrogen-bond donors (Lipinski definition) is 3. The van der Waals surface area contributed by atoms with Crippen LogP contribution in [0.4, 0.5) is 0 Å². The number of carbonyl (C=O) groups is 2. The molecule has 0 unspecified atom stereocenters. The highest BCUT2D eigenvalue weighted by Crippen LogP contribution is 2.53. The quantitative estimate of drug-likeness (QED) is 0.291. The minimum atomic E-state index is -1.50. The fourth-order valence-corrected chi connectivity index (χ4v) is 6.74. The van der Waals surface area contributed by atoms with Crippen molar-refractivity contribution in [2.75, 3.05) is 7.05 Å². The summed E-state index contributed by atoms with van der Waals surface area (Å²) in [5.41, 5.74) is 1.75. The average molecular weight is 483 g/mol. The van der Waals surface area contributed by atoms with Crippen LogP contribution in [0.15, 0.2) is 48.5 Å². The zero-order valence-corrected chi connectivity index (χ0v) is 19.3. The van der Waals surface area contributed by atoms with Crippen LogP contribution in [-0.2, 0) is 10.5 Å². The van der Waals surface area contributed by atoms with Gasteiger partial charge in [0.05, 0.1) is 33.2 Å². The van der Waals surface area contributed by atoms with E-state index in [1.54, 1.807) is 6.92 Å². The number of para-hydroxylation sites is 2. The molecule has 180 valence electrons. The zero-order chi connectivity index (χ0) is 24.8. The Kier molecular flexibility index (Phi) is 3.48. The first-order valence-corrected chi connectivity index (χ1v) is 11.8. The van der Waals surface area contributed by atoms with E-state index in [9.17, 15) is 24.9 Å². The summed E-state index contributed by atoms with van der Waals surface area (Å²) < 4.78 is 10.2. The van der Waals surface area contributed by atoms with Crippen molar-refractivity contribution in [3.8, 4) is 0 Å². The van der Waals surface area contributed by atoms with Gasteiger partial charge in [0.2, 0.25) is 0 Å². The normalized spacial score (nSPS) is 29.3. The molecule has 0 aliphatic carbocycles. The Morgan fingerprint density at radius 1 is 0.806 bits per heavy atom. The number of imide groups is 1. The molecule has 8 rings (SSSR count). The maximum Gasteiger partial charge on any atom is 0.262 e. The first kappa shape index (κ1) is 20.4. The molecule has 1 fully saturated rings. The molecule has 0 saturated carbocycles. The third-order valence-electron chi connectivity index (χ3n) is 8.37. The lowest BCUT2D eigenvalue weighted by Crippen LogP contribution is -2.61. The number of fused-ring (bicyclic) bond motifs is 13. The molecule has 36 heavy (non-hydrogen) atoms. The second kappa shape index (κ2) is 6.13. The number of nitrogens with zero attached hydrogens (tertiary/aromatic N) is 3.